The molecule has 5 heteroatoms. The minimum atomic E-state index is -0.921. The highest BCUT2D eigenvalue weighted by atomic mass is 32.2. The Balaban J connectivity index is 1.81. The maximum absolute atomic E-state index is 11.8. The second-order valence-electron chi connectivity index (χ2n) is 4.06. The summed E-state index contributed by atoms with van der Waals surface area (Å²) in [5, 5.41) is 8.97. The third-order valence-electron chi connectivity index (χ3n) is 3.04. The van der Waals surface area contributed by atoms with E-state index in [1.54, 1.807) is 4.31 Å². The molecule has 0 aromatic heterocycles. The maximum Gasteiger partial charge on any atom is 0.309 e. The summed E-state index contributed by atoms with van der Waals surface area (Å²) >= 11 is 0. The van der Waals surface area contributed by atoms with Gasteiger partial charge in [-0.25, -0.2) is 8.51 Å². The summed E-state index contributed by atoms with van der Waals surface area (Å²) in [4.78, 5) is 10.5. The van der Waals surface area contributed by atoms with Gasteiger partial charge >= 0.3 is 5.97 Å². The Morgan fingerprint density at radius 1 is 1.29 bits per heavy atom. The van der Waals surface area contributed by atoms with E-state index in [1.165, 1.54) is 12.8 Å². The number of rotatable bonds is 3. The Hall–Kier alpha value is -0.420. The average molecular weight is 217 g/mol. The fourth-order valence-electron chi connectivity index (χ4n) is 2.04. The first-order chi connectivity index (χ1) is 6.68. The van der Waals surface area contributed by atoms with Crippen molar-refractivity contribution in [2.75, 3.05) is 13.1 Å². The van der Waals surface area contributed by atoms with Crippen LogP contribution in [-0.4, -0.2) is 37.9 Å². The van der Waals surface area contributed by atoms with Crippen LogP contribution < -0.4 is 0 Å². The second kappa shape index (κ2) is 3.98. The van der Waals surface area contributed by atoms with Gasteiger partial charge in [0.05, 0.1) is 16.9 Å². The van der Waals surface area contributed by atoms with Crippen molar-refractivity contribution in [3.8, 4) is 0 Å². The number of carboxylic acids is 1. The molecule has 1 saturated heterocycles. The lowest BCUT2D eigenvalue weighted by Gasteiger charge is -2.36. The van der Waals surface area contributed by atoms with Crippen molar-refractivity contribution in [1.29, 1.82) is 0 Å². The molecule has 0 aromatic rings. The van der Waals surface area contributed by atoms with E-state index in [1.807, 2.05) is 0 Å². The molecule has 80 valence electrons. The molecule has 1 N–H and O–H groups in total. The van der Waals surface area contributed by atoms with Gasteiger partial charge in [-0.15, -0.1) is 0 Å². The van der Waals surface area contributed by atoms with Gasteiger partial charge in [0.15, 0.2) is 0 Å². The standard InChI is InChI=1S/C9H15NO3S/c11-9(12)7-5-10(6-7)14(13)8-3-1-2-4-8/h7-8H,1-6H2,(H,11,12). The summed E-state index contributed by atoms with van der Waals surface area (Å²) in [5.41, 5.74) is 0. The summed E-state index contributed by atoms with van der Waals surface area (Å²) < 4.78 is 13.6. The Bertz CT molecular complexity index is 257. The summed E-state index contributed by atoms with van der Waals surface area (Å²) in [6.45, 7) is 0.941. The van der Waals surface area contributed by atoms with Crippen molar-refractivity contribution in [3.05, 3.63) is 0 Å². The molecule has 1 unspecified atom stereocenters. The number of nitrogens with zero attached hydrogens (tertiary/aromatic N) is 1. The van der Waals surface area contributed by atoms with Gasteiger partial charge in [-0.3, -0.25) is 4.79 Å². The molecule has 0 spiro atoms. The van der Waals surface area contributed by atoms with Crippen LogP contribution in [0.2, 0.25) is 0 Å². The topological polar surface area (TPSA) is 57.6 Å². The third-order valence-corrected chi connectivity index (χ3v) is 4.89. The fraction of sp³-hybridized carbons (Fsp3) is 0.889. The predicted octanol–water partition coefficient (Wildman–Crippen LogP) is 0.609. The molecule has 1 heterocycles. The van der Waals surface area contributed by atoms with Gasteiger partial charge in [0.2, 0.25) is 0 Å². The van der Waals surface area contributed by atoms with E-state index in [2.05, 4.69) is 0 Å². The monoisotopic (exact) mass is 217 g/mol. The lowest BCUT2D eigenvalue weighted by atomic mass is 10.0. The first kappa shape index (κ1) is 10.1. The van der Waals surface area contributed by atoms with Gasteiger partial charge < -0.3 is 5.11 Å². The van der Waals surface area contributed by atoms with Crippen molar-refractivity contribution in [2.24, 2.45) is 5.92 Å². The molecule has 2 fully saturated rings. The van der Waals surface area contributed by atoms with E-state index in [-0.39, 0.29) is 5.92 Å². The Morgan fingerprint density at radius 2 is 1.86 bits per heavy atom. The molecule has 0 aromatic carbocycles. The van der Waals surface area contributed by atoms with E-state index >= 15 is 0 Å². The van der Waals surface area contributed by atoms with E-state index in [0.717, 1.165) is 12.8 Å². The van der Waals surface area contributed by atoms with E-state index < -0.39 is 17.0 Å². The molecule has 2 rings (SSSR count). The number of hydrogen-bond acceptors (Lipinski definition) is 2. The number of carboxylic acid groups (broad SMARTS) is 1. The van der Waals surface area contributed by atoms with Crippen molar-refractivity contribution < 1.29 is 14.1 Å². The average Bonchev–Trinajstić information content (AvgIpc) is 2.51. The minimum absolute atomic E-state index is 0.291. The lowest BCUT2D eigenvalue weighted by molar-refractivity contribution is -0.145. The van der Waals surface area contributed by atoms with Crippen LogP contribution in [0.3, 0.4) is 0 Å². The summed E-state index contributed by atoms with van der Waals surface area (Å²) in [6.07, 6.45) is 4.43. The van der Waals surface area contributed by atoms with Crippen LogP contribution in [0.4, 0.5) is 0 Å². The Morgan fingerprint density at radius 3 is 2.36 bits per heavy atom. The summed E-state index contributed by atoms with van der Waals surface area (Å²) in [7, 11) is -0.921. The molecular weight excluding hydrogens is 202 g/mol. The van der Waals surface area contributed by atoms with E-state index in [4.69, 9.17) is 5.11 Å². The fourth-order valence-corrected chi connectivity index (χ4v) is 3.85. The van der Waals surface area contributed by atoms with Crippen molar-refractivity contribution >= 4 is 17.0 Å². The summed E-state index contributed by atoms with van der Waals surface area (Å²) in [5.74, 6) is -1.05. The van der Waals surface area contributed by atoms with Crippen molar-refractivity contribution in [1.82, 2.24) is 4.31 Å². The van der Waals surface area contributed by atoms with Gasteiger partial charge in [-0.1, -0.05) is 12.8 Å². The molecule has 14 heavy (non-hydrogen) atoms. The van der Waals surface area contributed by atoms with E-state index in [9.17, 15) is 9.00 Å². The van der Waals surface area contributed by atoms with Crippen LogP contribution in [0.25, 0.3) is 0 Å². The normalized spacial score (nSPS) is 27.4. The zero-order valence-electron chi connectivity index (χ0n) is 8.02. The Kier molecular flexibility index (Phi) is 2.88. The zero-order chi connectivity index (χ0) is 10.1. The molecule has 1 aliphatic carbocycles. The SMILES string of the molecule is O=C(O)C1CN(S(=O)C2CCCC2)C1. The smallest absolute Gasteiger partial charge is 0.309 e. The Labute approximate surface area is 85.9 Å². The first-order valence-corrected chi connectivity index (χ1v) is 6.24. The van der Waals surface area contributed by atoms with Crippen LogP contribution in [0.5, 0.6) is 0 Å². The van der Waals surface area contributed by atoms with Crippen LogP contribution >= 0.6 is 0 Å². The molecule has 2 aliphatic rings. The van der Waals surface area contributed by atoms with Gasteiger partial charge in [-0.2, -0.15) is 0 Å². The van der Waals surface area contributed by atoms with Crippen molar-refractivity contribution in [2.45, 2.75) is 30.9 Å². The van der Waals surface area contributed by atoms with Crippen LogP contribution in [0, 0.1) is 5.92 Å². The lowest BCUT2D eigenvalue weighted by Crippen LogP contribution is -2.52. The predicted molar refractivity (Wildman–Crippen MR) is 53.1 cm³/mol. The zero-order valence-corrected chi connectivity index (χ0v) is 8.83. The molecule has 0 bridgehead atoms. The highest BCUT2D eigenvalue weighted by molar-refractivity contribution is 7.83. The molecule has 0 radical (unpaired) electrons. The van der Waals surface area contributed by atoms with E-state index in [0.29, 0.717) is 18.3 Å². The van der Waals surface area contributed by atoms with Gasteiger partial charge in [-0.05, 0) is 12.8 Å². The quantitative estimate of drug-likeness (QED) is 0.753. The molecule has 1 saturated carbocycles. The second-order valence-corrected chi connectivity index (χ2v) is 5.80. The number of hydrogen-bond donors (Lipinski definition) is 1. The first-order valence-electron chi connectivity index (χ1n) is 5.07. The molecule has 4 nitrogen and oxygen atoms in total. The van der Waals surface area contributed by atoms with Crippen molar-refractivity contribution in [3.63, 3.8) is 0 Å². The van der Waals surface area contributed by atoms with Crippen LogP contribution in [0.15, 0.2) is 0 Å². The molecular formula is C9H15NO3S. The van der Waals surface area contributed by atoms with Gasteiger partial charge in [0, 0.05) is 18.3 Å². The maximum atomic E-state index is 11.8. The number of carbonyl (C=O) groups is 1. The van der Waals surface area contributed by atoms with Crippen LogP contribution in [0.1, 0.15) is 25.7 Å². The van der Waals surface area contributed by atoms with Gasteiger partial charge in [0.1, 0.15) is 0 Å². The number of aliphatic carboxylic acids is 1. The summed E-state index contributed by atoms with van der Waals surface area (Å²) in [6, 6.07) is 0. The largest absolute Gasteiger partial charge is 0.481 e. The minimum Gasteiger partial charge on any atom is -0.481 e. The third kappa shape index (κ3) is 1.83. The highest BCUT2D eigenvalue weighted by Crippen LogP contribution is 2.28. The molecule has 1 atom stereocenters. The molecule has 1 aliphatic heterocycles. The van der Waals surface area contributed by atoms with Crippen LogP contribution in [-0.2, 0) is 15.8 Å². The highest BCUT2D eigenvalue weighted by Gasteiger charge is 2.38. The molecule has 0 amide bonds. The van der Waals surface area contributed by atoms with Gasteiger partial charge in [0.25, 0.3) is 0 Å².